The van der Waals surface area contributed by atoms with E-state index in [9.17, 15) is 4.79 Å². The Kier molecular flexibility index (Phi) is 6.50. The summed E-state index contributed by atoms with van der Waals surface area (Å²) in [5.41, 5.74) is 6.44. The summed E-state index contributed by atoms with van der Waals surface area (Å²) in [6.45, 7) is 10.3. The van der Waals surface area contributed by atoms with Crippen LogP contribution in [0.5, 0.6) is 0 Å². The largest absolute Gasteiger partial charge is 0.372 e. The van der Waals surface area contributed by atoms with Crippen LogP contribution in [0.2, 0.25) is 0 Å². The molecule has 0 saturated carbocycles. The molecule has 0 aliphatic heterocycles. The molecule has 0 unspecified atom stereocenters. The lowest BCUT2D eigenvalue weighted by molar-refractivity contribution is 0.102. The molecule has 0 atom stereocenters. The number of nitrogens with one attached hydrogen (secondary N) is 2. The van der Waals surface area contributed by atoms with E-state index in [0.29, 0.717) is 5.56 Å². The van der Waals surface area contributed by atoms with Crippen LogP contribution in [-0.2, 0) is 0 Å². The second kappa shape index (κ2) is 9.24. The molecule has 0 aliphatic rings. The zero-order valence-corrected chi connectivity index (χ0v) is 17.5. The number of aryl methyl sites for hydroxylation is 2. The Morgan fingerprint density at radius 1 is 0.862 bits per heavy atom. The van der Waals surface area contributed by atoms with Crippen LogP contribution in [0.3, 0.4) is 0 Å². The number of amides is 1. The third-order valence-electron chi connectivity index (χ3n) is 4.76. The van der Waals surface area contributed by atoms with E-state index >= 15 is 0 Å². The van der Waals surface area contributed by atoms with Crippen molar-refractivity contribution in [3.8, 4) is 0 Å². The number of carbonyl (C=O) groups is 1. The summed E-state index contributed by atoms with van der Waals surface area (Å²) in [5.74, 6) is -0.178. The summed E-state index contributed by atoms with van der Waals surface area (Å²) < 4.78 is 0. The predicted octanol–water partition coefficient (Wildman–Crippen LogP) is 5.54. The quantitative estimate of drug-likeness (QED) is 0.558. The standard InChI is InChI=1S/C24H28N4O/c1-5-28(6-2)23-9-7-20(8-10-23)26-22-14-19(15-25-16-22)24(29)27-21-12-17(3)11-18(4)13-21/h7-16,26H,5-6H2,1-4H3,(H,27,29). The molecule has 0 bridgehead atoms. The number of rotatable bonds is 7. The SMILES string of the molecule is CCN(CC)c1ccc(Nc2cncc(C(=O)Nc3cc(C)cc(C)c3)c2)cc1. The van der Waals surface area contributed by atoms with Crippen LogP contribution in [0.4, 0.5) is 22.7 Å². The molecule has 0 radical (unpaired) electrons. The number of hydrogen-bond donors (Lipinski definition) is 2. The second-order valence-corrected chi connectivity index (χ2v) is 7.14. The second-order valence-electron chi connectivity index (χ2n) is 7.14. The molecule has 3 aromatic rings. The van der Waals surface area contributed by atoms with Crippen molar-refractivity contribution in [2.24, 2.45) is 0 Å². The number of nitrogens with zero attached hydrogens (tertiary/aromatic N) is 2. The molecule has 0 spiro atoms. The van der Waals surface area contributed by atoms with Crippen molar-refractivity contribution in [2.75, 3.05) is 28.6 Å². The molecule has 2 aromatic carbocycles. The lowest BCUT2D eigenvalue weighted by Crippen LogP contribution is -2.21. The number of hydrogen-bond acceptors (Lipinski definition) is 4. The molecule has 1 amide bonds. The highest BCUT2D eigenvalue weighted by molar-refractivity contribution is 6.04. The number of benzene rings is 2. The number of anilines is 4. The molecule has 2 N–H and O–H groups in total. The predicted molar refractivity (Wildman–Crippen MR) is 121 cm³/mol. The van der Waals surface area contributed by atoms with E-state index < -0.39 is 0 Å². The Labute approximate surface area is 172 Å². The van der Waals surface area contributed by atoms with Gasteiger partial charge in [0, 0.05) is 36.3 Å². The van der Waals surface area contributed by atoms with E-state index in [-0.39, 0.29) is 5.91 Å². The fourth-order valence-electron chi connectivity index (χ4n) is 3.39. The molecular weight excluding hydrogens is 360 g/mol. The normalized spacial score (nSPS) is 10.5. The van der Waals surface area contributed by atoms with Crippen molar-refractivity contribution in [3.63, 3.8) is 0 Å². The minimum atomic E-state index is -0.178. The van der Waals surface area contributed by atoms with Crippen molar-refractivity contribution in [3.05, 3.63) is 77.6 Å². The van der Waals surface area contributed by atoms with Crippen LogP contribution >= 0.6 is 0 Å². The van der Waals surface area contributed by atoms with Crippen LogP contribution < -0.4 is 15.5 Å². The summed E-state index contributed by atoms with van der Waals surface area (Å²) in [6, 6.07) is 16.1. The fourth-order valence-corrected chi connectivity index (χ4v) is 3.39. The zero-order valence-electron chi connectivity index (χ0n) is 17.5. The molecule has 29 heavy (non-hydrogen) atoms. The molecule has 0 fully saturated rings. The van der Waals surface area contributed by atoms with E-state index in [0.717, 1.165) is 41.3 Å². The average Bonchev–Trinajstić information content (AvgIpc) is 2.69. The average molecular weight is 389 g/mol. The molecule has 150 valence electrons. The van der Waals surface area contributed by atoms with Crippen molar-refractivity contribution >= 4 is 28.7 Å². The Bertz CT molecular complexity index is 958. The van der Waals surface area contributed by atoms with Gasteiger partial charge >= 0.3 is 0 Å². The molecule has 0 aliphatic carbocycles. The van der Waals surface area contributed by atoms with Crippen molar-refractivity contribution in [1.82, 2.24) is 4.98 Å². The first-order valence-electron chi connectivity index (χ1n) is 9.95. The monoisotopic (exact) mass is 388 g/mol. The molecule has 1 heterocycles. The lowest BCUT2D eigenvalue weighted by atomic mass is 10.1. The van der Waals surface area contributed by atoms with Gasteiger partial charge in [0.25, 0.3) is 5.91 Å². The Morgan fingerprint density at radius 3 is 2.14 bits per heavy atom. The van der Waals surface area contributed by atoms with Gasteiger partial charge in [-0.1, -0.05) is 6.07 Å². The maximum absolute atomic E-state index is 12.6. The fraction of sp³-hybridized carbons (Fsp3) is 0.250. The number of aromatic nitrogens is 1. The molecule has 1 aromatic heterocycles. The van der Waals surface area contributed by atoms with Crippen LogP contribution in [-0.4, -0.2) is 24.0 Å². The van der Waals surface area contributed by atoms with Crippen LogP contribution in [0.25, 0.3) is 0 Å². The van der Waals surface area contributed by atoms with Crippen LogP contribution in [0, 0.1) is 13.8 Å². The minimum absolute atomic E-state index is 0.178. The highest BCUT2D eigenvalue weighted by Crippen LogP contribution is 2.22. The van der Waals surface area contributed by atoms with Gasteiger partial charge in [-0.25, -0.2) is 0 Å². The van der Waals surface area contributed by atoms with E-state index in [1.54, 1.807) is 12.4 Å². The summed E-state index contributed by atoms with van der Waals surface area (Å²) in [5, 5.41) is 6.27. The Hall–Kier alpha value is -3.34. The van der Waals surface area contributed by atoms with E-state index in [2.05, 4.69) is 52.6 Å². The first-order valence-corrected chi connectivity index (χ1v) is 9.95. The first-order chi connectivity index (χ1) is 14.0. The summed E-state index contributed by atoms with van der Waals surface area (Å²) in [6.07, 6.45) is 3.29. The molecule has 0 saturated heterocycles. The lowest BCUT2D eigenvalue weighted by Gasteiger charge is -2.21. The van der Waals surface area contributed by atoms with Gasteiger partial charge in [0.05, 0.1) is 17.4 Å². The van der Waals surface area contributed by atoms with Gasteiger partial charge in [-0.2, -0.15) is 0 Å². The smallest absolute Gasteiger partial charge is 0.257 e. The van der Waals surface area contributed by atoms with Crippen molar-refractivity contribution < 1.29 is 4.79 Å². The third kappa shape index (κ3) is 5.35. The van der Waals surface area contributed by atoms with Gasteiger partial charge in [0.15, 0.2) is 0 Å². The van der Waals surface area contributed by atoms with Gasteiger partial charge in [0.2, 0.25) is 0 Å². The maximum Gasteiger partial charge on any atom is 0.257 e. The summed E-state index contributed by atoms with van der Waals surface area (Å²) in [7, 11) is 0. The molecule has 5 heteroatoms. The first kappa shape index (κ1) is 20.4. The minimum Gasteiger partial charge on any atom is -0.372 e. The molecular formula is C24H28N4O. The van der Waals surface area contributed by atoms with Gasteiger partial charge in [-0.3, -0.25) is 9.78 Å². The summed E-state index contributed by atoms with van der Waals surface area (Å²) in [4.78, 5) is 19.2. The van der Waals surface area contributed by atoms with Gasteiger partial charge < -0.3 is 15.5 Å². The Morgan fingerprint density at radius 2 is 1.52 bits per heavy atom. The number of pyridine rings is 1. The van der Waals surface area contributed by atoms with Gasteiger partial charge in [0.1, 0.15) is 0 Å². The van der Waals surface area contributed by atoms with Gasteiger partial charge in [-0.15, -0.1) is 0 Å². The molecule has 5 nitrogen and oxygen atoms in total. The highest BCUT2D eigenvalue weighted by Gasteiger charge is 2.09. The summed E-state index contributed by atoms with van der Waals surface area (Å²) >= 11 is 0. The third-order valence-corrected chi connectivity index (χ3v) is 4.76. The Balaban J connectivity index is 1.71. The zero-order chi connectivity index (χ0) is 20.8. The maximum atomic E-state index is 12.6. The van der Waals surface area contributed by atoms with Crippen molar-refractivity contribution in [2.45, 2.75) is 27.7 Å². The van der Waals surface area contributed by atoms with E-state index in [1.807, 2.05) is 44.2 Å². The van der Waals surface area contributed by atoms with Crippen molar-refractivity contribution in [1.29, 1.82) is 0 Å². The molecule has 3 rings (SSSR count). The highest BCUT2D eigenvalue weighted by atomic mass is 16.1. The van der Waals surface area contributed by atoms with Crippen LogP contribution in [0.1, 0.15) is 35.3 Å². The van der Waals surface area contributed by atoms with Crippen LogP contribution in [0.15, 0.2) is 60.9 Å². The number of carbonyl (C=O) groups excluding carboxylic acids is 1. The van der Waals surface area contributed by atoms with E-state index in [1.165, 1.54) is 5.69 Å². The topological polar surface area (TPSA) is 57.3 Å². The van der Waals surface area contributed by atoms with Gasteiger partial charge in [-0.05, 0) is 81.3 Å². The van der Waals surface area contributed by atoms with E-state index in [4.69, 9.17) is 0 Å².